The average molecular weight is 200 g/mol. The summed E-state index contributed by atoms with van der Waals surface area (Å²) in [7, 11) is 1.60. The van der Waals surface area contributed by atoms with Gasteiger partial charge in [0.2, 0.25) is 5.89 Å². The predicted molar refractivity (Wildman–Crippen MR) is 46.0 cm³/mol. The number of nitrogens with zero attached hydrogens (tertiary/aromatic N) is 2. The van der Waals surface area contributed by atoms with Crippen molar-refractivity contribution >= 4 is 5.97 Å². The van der Waals surface area contributed by atoms with E-state index in [9.17, 15) is 4.79 Å². The molecular weight excluding hydrogens is 188 g/mol. The molecule has 0 spiro atoms. The van der Waals surface area contributed by atoms with Crippen LogP contribution in [-0.4, -0.2) is 34.9 Å². The summed E-state index contributed by atoms with van der Waals surface area (Å²) in [6.45, 7) is 2.53. The van der Waals surface area contributed by atoms with Crippen LogP contribution in [0.25, 0.3) is 0 Å². The second-order valence-electron chi connectivity index (χ2n) is 3.08. The fourth-order valence-electron chi connectivity index (χ4n) is 1.07. The number of carboxylic acids is 1. The van der Waals surface area contributed by atoms with Crippen LogP contribution in [-0.2, 0) is 11.2 Å². The molecule has 0 aliphatic rings. The first kappa shape index (κ1) is 10.6. The van der Waals surface area contributed by atoms with Gasteiger partial charge >= 0.3 is 5.97 Å². The number of methoxy groups -OCH3 is 1. The van der Waals surface area contributed by atoms with Gasteiger partial charge in [0.1, 0.15) is 0 Å². The zero-order valence-electron chi connectivity index (χ0n) is 8.06. The normalized spacial score (nSPS) is 12.7. The molecular formula is C8H12N2O4. The van der Waals surface area contributed by atoms with Crippen molar-refractivity contribution in [1.29, 1.82) is 0 Å². The topological polar surface area (TPSA) is 85.5 Å². The summed E-state index contributed by atoms with van der Waals surface area (Å²) in [4.78, 5) is 14.1. The van der Waals surface area contributed by atoms with Crippen LogP contribution in [0.5, 0.6) is 0 Å². The molecule has 6 nitrogen and oxygen atoms in total. The highest BCUT2D eigenvalue weighted by Crippen LogP contribution is 2.06. The lowest BCUT2D eigenvalue weighted by molar-refractivity contribution is 0.0680. The van der Waals surface area contributed by atoms with E-state index >= 15 is 0 Å². The number of aromatic nitrogens is 2. The SMILES string of the molecule is COCC(C)Cc1nc(C(=O)O)no1. The minimum Gasteiger partial charge on any atom is -0.475 e. The summed E-state index contributed by atoms with van der Waals surface area (Å²) in [5.74, 6) is -0.932. The Labute approximate surface area is 80.9 Å². The number of hydrogen-bond donors (Lipinski definition) is 1. The second kappa shape index (κ2) is 4.71. The molecule has 1 rings (SSSR count). The molecule has 0 radical (unpaired) electrons. The molecule has 0 aromatic carbocycles. The molecule has 0 aliphatic carbocycles. The van der Waals surface area contributed by atoms with Gasteiger partial charge in [-0.3, -0.25) is 0 Å². The Bertz CT molecular complexity index is 310. The Kier molecular flexibility index (Phi) is 3.58. The first-order valence-electron chi connectivity index (χ1n) is 4.18. The van der Waals surface area contributed by atoms with E-state index in [0.29, 0.717) is 18.9 Å². The standard InChI is InChI=1S/C8H12N2O4/c1-5(4-13-2)3-6-9-7(8(11)12)10-14-6/h5H,3-4H2,1-2H3,(H,11,12). The Morgan fingerprint density at radius 3 is 2.93 bits per heavy atom. The maximum atomic E-state index is 10.4. The van der Waals surface area contributed by atoms with Crippen molar-refractivity contribution < 1.29 is 19.2 Å². The molecule has 0 saturated heterocycles. The molecule has 1 heterocycles. The average Bonchev–Trinajstić information content (AvgIpc) is 2.53. The Balaban J connectivity index is 2.55. The molecule has 1 N–H and O–H groups in total. The van der Waals surface area contributed by atoms with Gasteiger partial charge in [0.15, 0.2) is 0 Å². The third-order valence-electron chi connectivity index (χ3n) is 1.63. The molecule has 1 unspecified atom stereocenters. The summed E-state index contributed by atoms with van der Waals surface area (Å²) in [6.07, 6.45) is 0.522. The van der Waals surface area contributed by atoms with E-state index in [1.165, 1.54) is 0 Å². The maximum absolute atomic E-state index is 10.4. The number of hydrogen-bond acceptors (Lipinski definition) is 5. The van der Waals surface area contributed by atoms with E-state index in [-0.39, 0.29) is 11.7 Å². The summed E-state index contributed by atoms with van der Waals surface area (Å²) in [5, 5.41) is 11.8. The molecule has 0 amide bonds. The molecule has 0 aliphatic heterocycles. The predicted octanol–water partition coefficient (Wildman–Crippen LogP) is 0.593. The summed E-state index contributed by atoms with van der Waals surface area (Å²) in [5.41, 5.74) is 0. The fourth-order valence-corrected chi connectivity index (χ4v) is 1.07. The van der Waals surface area contributed by atoms with Crippen LogP contribution in [0.2, 0.25) is 0 Å². The summed E-state index contributed by atoms with van der Waals surface area (Å²) >= 11 is 0. The van der Waals surface area contributed by atoms with Gasteiger partial charge in [0.25, 0.3) is 5.82 Å². The van der Waals surface area contributed by atoms with E-state index in [1.807, 2.05) is 6.92 Å². The van der Waals surface area contributed by atoms with Gasteiger partial charge in [-0.25, -0.2) is 4.79 Å². The number of ether oxygens (including phenoxy) is 1. The Hall–Kier alpha value is -1.43. The van der Waals surface area contributed by atoms with Crippen LogP contribution in [0.3, 0.4) is 0 Å². The van der Waals surface area contributed by atoms with E-state index in [4.69, 9.17) is 14.4 Å². The van der Waals surface area contributed by atoms with E-state index in [1.54, 1.807) is 7.11 Å². The highest BCUT2D eigenvalue weighted by Gasteiger charge is 2.14. The highest BCUT2D eigenvalue weighted by molar-refractivity contribution is 5.82. The van der Waals surface area contributed by atoms with E-state index < -0.39 is 5.97 Å². The van der Waals surface area contributed by atoms with Gasteiger partial charge in [-0.1, -0.05) is 6.92 Å². The lowest BCUT2D eigenvalue weighted by Crippen LogP contribution is -2.07. The van der Waals surface area contributed by atoms with Crippen molar-refractivity contribution in [2.45, 2.75) is 13.3 Å². The van der Waals surface area contributed by atoms with Crippen molar-refractivity contribution in [3.8, 4) is 0 Å². The second-order valence-corrected chi connectivity index (χ2v) is 3.08. The molecule has 1 aromatic rings. The lowest BCUT2D eigenvalue weighted by Gasteiger charge is -2.05. The molecule has 0 fully saturated rings. The molecule has 78 valence electrons. The first-order valence-corrected chi connectivity index (χ1v) is 4.18. The monoisotopic (exact) mass is 200 g/mol. The molecule has 1 aromatic heterocycles. The number of carboxylic acid groups (broad SMARTS) is 1. The fraction of sp³-hybridized carbons (Fsp3) is 0.625. The Morgan fingerprint density at radius 1 is 1.71 bits per heavy atom. The summed E-state index contributed by atoms with van der Waals surface area (Å²) in [6, 6.07) is 0. The van der Waals surface area contributed by atoms with Crippen molar-refractivity contribution in [1.82, 2.24) is 10.1 Å². The quantitative estimate of drug-likeness (QED) is 0.748. The van der Waals surface area contributed by atoms with Gasteiger partial charge in [0.05, 0.1) is 0 Å². The Morgan fingerprint density at radius 2 is 2.43 bits per heavy atom. The van der Waals surface area contributed by atoms with Gasteiger partial charge in [-0.15, -0.1) is 0 Å². The largest absolute Gasteiger partial charge is 0.475 e. The molecule has 0 saturated carbocycles. The smallest absolute Gasteiger partial charge is 0.377 e. The molecule has 6 heteroatoms. The minimum absolute atomic E-state index is 0.224. The zero-order chi connectivity index (χ0) is 10.6. The van der Waals surface area contributed by atoms with Gasteiger partial charge in [0, 0.05) is 20.1 Å². The first-order chi connectivity index (χ1) is 6.63. The van der Waals surface area contributed by atoms with Gasteiger partial charge in [-0.05, 0) is 11.1 Å². The van der Waals surface area contributed by atoms with E-state index in [0.717, 1.165) is 0 Å². The van der Waals surface area contributed by atoms with Gasteiger partial charge < -0.3 is 14.4 Å². The number of aromatic carboxylic acids is 1. The van der Waals surface area contributed by atoms with Crippen molar-refractivity contribution in [2.24, 2.45) is 5.92 Å². The van der Waals surface area contributed by atoms with Crippen molar-refractivity contribution in [3.63, 3.8) is 0 Å². The molecule has 0 bridgehead atoms. The van der Waals surface area contributed by atoms with Crippen molar-refractivity contribution in [2.75, 3.05) is 13.7 Å². The van der Waals surface area contributed by atoms with Crippen LogP contribution in [0, 0.1) is 5.92 Å². The third kappa shape index (κ3) is 2.81. The number of carbonyl (C=O) groups is 1. The third-order valence-corrected chi connectivity index (χ3v) is 1.63. The lowest BCUT2D eigenvalue weighted by atomic mass is 10.1. The summed E-state index contributed by atoms with van der Waals surface area (Å²) < 4.78 is 9.67. The molecule has 1 atom stereocenters. The van der Waals surface area contributed by atoms with Crippen molar-refractivity contribution in [3.05, 3.63) is 11.7 Å². The number of rotatable bonds is 5. The van der Waals surface area contributed by atoms with Gasteiger partial charge in [-0.2, -0.15) is 4.98 Å². The van der Waals surface area contributed by atoms with E-state index in [2.05, 4.69) is 10.1 Å². The zero-order valence-corrected chi connectivity index (χ0v) is 8.06. The van der Waals surface area contributed by atoms with Crippen LogP contribution in [0.1, 0.15) is 23.4 Å². The van der Waals surface area contributed by atoms with Crippen LogP contribution >= 0.6 is 0 Å². The maximum Gasteiger partial charge on any atom is 0.377 e. The van der Waals surface area contributed by atoms with Crippen LogP contribution < -0.4 is 0 Å². The van der Waals surface area contributed by atoms with Crippen LogP contribution in [0.4, 0.5) is 0 Å². The van der Waals surface area contributed by atoms with Crippen LogP contribution in [0.15, 0.2) is 4.52 Å². The molecule has 14 heavy (non-hydrogen) atoms. The minimum atomic E-state index is -1.18. The highest BCUT2D eigenvalue weighted by atomic mass is 16.5.